The molecule has 0 atom stereocenters. The maximum absolute atomic E-state index is 11.9. The number of unbranched alkanes of at least 4 members (excludes halogenated alkanes) is 38. The first-order valence-corrected chi connectivity index (χ1v) is 23.7. The molecule has 0 saturated heterocycles. The summed E-state index contributed by atoms with van der Waals surface area (Å²) in [6, 6.07) is 0. The van der Waals surface area contributed by atoms with Crippen LogP contribution in [0.15, 0.2) is 12.2 Å². The van der Waals surface area contributed by atoms with E-state index in [2.05, 4.69) is 19.1 Å². The van der Waals surface area contributed by atoms with E-state index in [4.69, 9.17) is 9.84 Å². The fourth-order valence-electron chi connectivity index (χ4n) is 7.39. The molecule has 0 aliphatic carbocycles. The highest BCUT2D eigenvalue weighted by Gasteiger charge is 2.03. The summed E-state index contributed by atoms with van der Waals surface area (Å²) in [6.07, 6.45) is 60.7. The number of esters is 1. The van der Waals surface area contributed by atoms with Gasteiger partial charge in [-0.1, -0.05) is 244 Å². The fraction of sp³-hybridized carbons (Fsp3) is 0.938. The Kier molecular flexibility index (Phi) is 46.4. The molecule has 0 unspecified atom stereocenters. The molecule has 0 rings (SSSR count). The van der Waals surface area contributed by atoms with Crippen LogP contribution in [0.3, 0.4) is 0 Å². The van der Waals surface area contributed by atoms with E-state index < -0.39 is 0 Å². The van der Waals surface area contributed by atoms with Crippen LogP contribution in [0.2, 0.25) is 0 Å². The van der Waals surface area contributed by atoms with Gasteiger partial charge in [-0.2, -0.15) is 0 Å². The van der Waals surface area contributed by atoms with Crippen LogP contribution in [0.4, 0.5) is 0 Å². The van der Waals surface area contributed by atoms with E-state index in [1.807, 2.05) is 0 Å². The Morgan fingerprint density at radius 1 is 0.373 bits per heavy atom. The van der Waals surface area contributed by atoms with E-state index in [0.29, 0.717) is 19.6 Å². The summed E-state index contributed by atoms with van der Waals surface area (Å²) in [7, 11) is 0. The molecule has 0 radical (unpaired) electrons. The van der Waals surface area contributed by atoms with Crippen LogP contribution < -0.4 is 0 Å². The number of hydrogen-bond donors (Lipinski definition) is 1. The lowest BCUT2D eigenvalue weighted by Crippen LogP contribution is -2.05. The molecule has 0 bridgehead atoms. The Morgan fingerprint density at radius 2 is 0.647 bits per heavy atom. The molecule has 51 heavy (non-hydrogen) atoms. The van der Waals surface area contributed by atoms with Gasteiger partial charge >= 0.3 is 5.97 Å². The van der Waals surface area contributed by atoms with Crippen LogP contribution in [0.25, 0.3) is 0 Å². The Labute approximate surface area is 321 Å². The van der Waals surface area contributed by atoms with Gasteiger partial charge in [-0.05, 0) is 38.5 Å². The molecule has 0 saturated carbocycles. The first-order valence-electron chi connectivity index (χ1n) is 23.7. The summed E-state index contributed by atoms with van der Waals surface area (Å²) in [4.78, 5) is 11.9. The number of allylic oxidation sites excluding steroid dienone is 2. The summed E-state index contributed by atoms with van der Waals surface area (Å²) in [5.41, 5.74) is 0. The lowest BCUT2D eigenvalue weighted by molar-refractivity contribution is -0.143. The van der Waals surface area contributed by atoms with Crippen molar-refractivity contribution in [1.82, 2.24) is 0 Å². The van der Waals surface area contributed by atoms with Crippen LogP contribution >= 0.6 is 0 Å². The molecule has 0 spiro atoms. The average molecular weight is 719 g/mol. The van der Waals surface area contributed by atoms with E-state index in [0.717, 1.165) is 25.7 Å². The lowest BCUT2D eigenvalue weighted by atomic mass is 10.0. The van der Waals surface area contributed by atoms with Gasteiger partial charge in [0.05, 0.1) is 6.61 Å². The van der Waals surface area contributed by atoms with E-state index in [-0.39, 0.29) is 5.97 Å². The second-order valence-electron chi connectivity index (χ2n) is 16.2. The van der Waals surface area contributed by atoms with Crippen LogP contribution in [-0.4, -0.2) is 24.3 Å². The van der Waals surface area contributed by atoms with Gasteiger partial charge in [0.2, 0.25) is 0 Å². The predicted octanol–water partition coefficient (Wildman–Crippen LogP) is 16.5. The third kappa shape index (κ3) is 47.1. The molecule has 3 nitrogen and oxygen atoms in total. The molecular weight excluding hydrogens is 625 g/mol. The van der Waals surface area contributed by atoms with Crippen molar-refractivity contribution in [3.63, 3.8) is 0 Å². The van der Waals surface area contributed by atoms with E-state index in [1.165, 1.54) is 238 Å². The van der Waals surface area contributed by atoms with Gasteiger partial charge < -0.3 is 9.84 Å². The molecule has 0 aliphatic heterocycles. The van der Waals surface area contributed by atoms with Crippen molar-refractivity contribution < 1.29 is 14.6 Å². The third-order valence-corrected chi connectivity index (χ3v) is 11.0. The standard InChI is InChI=1S/C48H94O3/c1-2-3-4-5-6-7-30-33-36-39-42-45-48(50)51-47-44-41-38-35-32-29-27-25-23-21-19-17-15-13-11-9-8-10-12-14-16-18-20-22-24-26-28-31-34-37-40-43-46-49/h5-6,49H,2-4,7-47H2,1H3/b6-5-. The molecule has 0 heterocycles. The average Bonchev–Trinajstić information content (AvgIpc) is 3.14. The van der Waals surface area contributed by atoms with E-state index in [1.54, 1.807) is 0 Å². The molecule has 3 heteroatoms. The van der Waals surface area contributed by atoms with Crippen molar-refractivity contribution in [3.05, 3.63) is 12.2 Å². The molecular formula is C48H94O3. The number of hydrogen-bond acceptors (Lipinski definition) is 3. The molecule has 304 valence electrons. The number of carbonyl (C=O) groups is 1. The normalized spacial score (nSPS) is 11.6. The van der Waals surface area contributed by atoms with Gasteiger partial charge in [-0.3, -0.25) is 4.79 Å². The largest absolute Gasteiger partial charge is 0.466 e. The number of rotatable bonds is 45. The molecule has 0 fully saturated rings. The summed E-state index contributed by atoms with van der Waals surface area (Å²) in [5.74, 6) is 0.0154. The third-order valence-electron chi connectivity index (χ3n) is 11.0. The topological polar surface area (TPSA) is 46.5 Å². The highest BCUT2D eigenvalue weighted by Crippen LogP contribution is 2.17. The monoisotopic (exact) mass is 719 g/mol. The van der Waals surface area contributed by atoms with Gasteiger partial charge in [0.25, 0.3) is 0 Å². The zero-order valence-corrected chi connectivity index (χ0v) is 35.0. The van der Waals surface area contributed by atoms with Crippen molar-refractivity contribution >= 4 is 5.97 Å². The summed E-state index contributed by atoms with van der Waals surface area (Å²) in [5, 5.41) is 8.81. The van der Waals surface area contributed by atoms with Crippen molar-refractivity contribution in [2.24, 2.45) is 0 Å². The van der Waals surface area contributed by atoms with Crippen LogP contribution in [0, 0.1) is 0 Å². The van der Waals surface area contributed by atoms with Gasteiger partial charge in [0.15, 0.2) is 0 Å². The van der Waals surface area contributed by atoms with Gasteiger partial charge in [-0.15, -0.1) is 0 Å². The Balaban J connectivity index is 3.12. The first kappa shape index (κ1) is 50.2. The molecule has 1 N–H and O–H groups in total. The van der Waals surface area contributed by atoms with Crippen molar-refractivity contribution in [2.45, 2.75) is 277 Å². The quantitative estimate of drug-likeness (QED) is 0.0387. The molecule has 0 aromatic carbocycles. The van der Waals surface area contributed by atoms with E-state index >= 15 is 0 Å². The van der Waals surface area contributed by atoms with Gasteiger partial charge in [0, 0.05) is 13.0 Å². The summed E-state index contributed by atoms with van der Waals surface area (Å²) in [6.45, 7) is 3.24. The second-order valence-corrected chi connectivity index (χ2v) is 16.2. The Morgan fingerprint density at radius 3 is 0.980 bits per heavy atom. The van der Waals surface area contributed by atoms with Crippen LogP contribution in [0.5, 0.6) is 0 Å². The molecule has 0 aromatic heterocycles. The zero-order chi connectivity index (χ0) is 36.8. The Hall–Kier alpha value is -0.830. The lowest BCUT2D eigenvalue weighted by Gasteiger charge is -2.06. The number of carbonyl (C=O) groups excluding carboxylic acids is 1. The smallest absolute Gasteiger partial charge is 0.305 e. The van der Waals surface area contributed by atoms with Crippen LogP contribution in [0.1, 0.15) is 277 Å². The number of ether oxygens (including phenoxy) is 1. The maximum atomic E-state index is 11.9. The minimum Gasteiger partial charge on any atom is -0.466 e. The predicted molar refractivity (Wildman–Crippen MR) is 227 cm³/mol. The van der Waals surface area contributed by atoms with Gasteiger partial charge in [-0.25, -0.2) is 0 Å². The maximum Gasteiger partial charge on any atom is 0.305 e. The minimum atomic E-state index is 0.0154. The first-order chi connectivity index (χ1) is 25.3. The van der Waals surface area contributed by atoms with Gasteiger partial charge in [0.1, 0.15) is 0 Å². The van der Waals surface area contributed by atoms with Crippen molar-refractivity contribution in [2.75, 3.05) is 13.2 Å². The number of aliphatic hydroxyl groups excluding tert-OH is 1. The molecule has 0 aliphatic rings. The zero-order valence-electron chi connectivity index (χ0n) is 35.0. The molecule has 0 aromatic rings. The molecule has 0 amide bonds. The fourth-order valence-corrected chi connectivity index (χ4v) is 7.39. The van der Waals surface area contributed by atoms with E-state index in [9.17, 15) is 4.79 Å². The second kappa shape index (κ2) is 47.2. The van der Waals surface area contributed by atoms with Crippen LogP contribution in [-0.2, 0) is 9.53 Å². The highest BCUT2D eigenvalue weighted by atomic mass is 16.5. The van der Waals surface area contributed by atoms with Crippen molar-refractivity contribution in [1.29, 1.82) is 0 Å². The number of aliphatic hydroxyl groups is 1. The Bertz CT molecular complexity index is 659. The summed E-state index contributed by atoms with van der Waals surface area (Å²) < 4.78 is 5.45. The minimum absolute atomic E-state index is 0.0154. The summed E-state index contributed by atoms with van der Waals surface area (Å²) >= 11 is 0. The highest BCUT2D eigenvalue weighted by molar-refractivity contribution is 5.69. The van der Waals surface area contributed by atoms with Crippen molar-refractivity contribution in [3.8, 4) is 0 Å². The SMILES string of the molecule is CCCC/C=C\CCCCCCCC(=O)OCCCCCCCCCCCCCCCCCCCCCCCCCCCCCCCCCCO.